The summed E-state index contributed by atoms with van der Waals surface area (Å²) in [5, 5.41) is 3.23. The molecule has 3 N–H and O–H groups in total. The first-order chi connectivity index (χ1) is 9.52. The first-order valence-electron chi connectivity index (χ1n) is 6.03. The van der Waals surface area contributed by atoms with Gasteiger partial charge in [-0.1, -0.05) is 22.0 Å². The Bertz CT molecular complexity index is 656. The van der Waals surface area contributed by atoms with Gasteiger partial charge in [0.2, 0.25) is 0 Å². The largest absolute Gasteiger partial charge is 0.465 e. The lowest BCUT2D eigenvalue weighted by molar-refractivity contribution is 0.0602. The predicted octanol–water partition coefficient (Wildman–Crippen LogP) is 3.87. The highest BCUT2D eigenvalue weighted by Gasteiger charge is 2.13. The zero-order valence-corrected chi connectivity index (χ0v) is 12.8. The van der Waals surface area contributed by atoms with Crippen molar-refractivity contribution in [2.75, 3.05) is 18.2 Å². The third kappa shape index (κ3) is 2.93. The van der Waals surface area contributed by atoms with Crippen LogP contribution in [0.5, 0.6) is 0 Å². The summed E-state index contributed by atoms with van der Waals surface area (Å²) in [5.74, 6) is -0.446. The highest BCUT2D eigenvalue weighted by Crippen LogP contribution is 2.29. The SMILES string of the molecule is COC(=O)c1cccc(Nc2ccc(Br)cc2C)c1N. The third-order valence-corrected chi connectivity index (χ3v) is 3.46. The molecule has 0 aliphatic rings. The number of esters is 1. The van der Waals surface area contributed by atoms with E-state index in [1.165, 1.54) is 7.11 Å². The molecule has 0 unspecified atom stereocenters. The minimum absolute atomic E-state index is 0.354. The highest BCUT2D eigenvalue weighted by molar-refractivity contribution is 9.10. The summed E-state index contributed by atoms with van der Waals surface area (Å²) in [6.45, 7) is 1.99. The van der Waals surface area contributed by atoms with Gasteiger partial charge >= 0.3 is 5.97 Å². The Morgan fingerprint density at radius 2 is 2.00 bits per heavy atom. The number of hydrogen-bond donors (Lipinski definition) is 2. The number of para-hydroxylation sites is 1. The van der Waals surface area contributed by atoms with E-state index in [-0.39, 0.29) is 0 Å². The molecule has 0 aliphatic heterocycles. The molecule has 0 atom stereocenters. The van der Waals surface area contributed by atoms with Crippen LogP contribution in [0.4, 0.5) is 17.1 Å². The minimum atomic E-state index is -0.446. The second kappa shape index (κ2) is 5.96. The van der Waals surface area contributed by atoms with Crippen LogP contribution in [-0.2, 0) is 4.74 Å². The number of nitrogens with two attached hydrogens (primary N) is 1. The van der Waals surface area contributed by atoms with Gasteiger partial charge in [0.05, 0.1) is 24.0 Å². The van der Waals surface area contributed by atoms with Gasteiger partial charge in [0.15, 0.2) is 0 Å². The van der Waals surface area contributed by atoms with Crippen LogP contribution in [-0.4, -0.2) is 13.1 Å². The molecule has 0 spiro atoms. The Kier molecular flexibility index (Phi) is 4.29. The van der Waals surface area contributed by atoms with Crippen molar-refractivity contribution >= 4 is 39.0 Å². The monoisotopic (exact) mass is 334 g/mol. The maximum atomic E-state index is 11.6. The van der Waals surface area contributed by atoms with Crippen molar-refractivity contribution in [3.8, 4) is 0 Å². The molecular weight excluding hydrogens is 320 g/mol. The van der Waals surface area contributed by atoms with E-state index in [1.807, 2.05) is 31.2 Å². The molecule has 0 heterocycles. The standard InChI is InChI=1S/C15H15BrN2O2/c1-9-8-10(16)6-7-12(9)18-13-5-3-4-11(14(13)17)15(19)20-2/h3-8,18H,17H2,1-2H3. The molecule has 0 bridgehead atoms. The van der Waals surface area contributed by atoms with Gasteiger partial charge in [0.25, 0.3) is 0 Å². The molecule has 104 valence electrons. The first-order valence-corrected chi connectivity index (χ1v) is 6.82. The van der Waals surface area contributed by atoms with Crippen molar-refractivity contribution in [1.29, 1.82) is 0 Å². The van der Waals surface area contributed by atoms with Crippen molar-refractivity contribution < 1.29 is 9.53 Å². The van der Waals surface area contributed by atoms with E-state index in [0.29, 0.717) is 16.9 Å². The number of carbonyl (C=O) groups is 1. The second-order valence-electron chi connectivity index (χ2n) is 4.34. The molecule has 20 heavy (non-hydrogen) atoms. The average Bonchev–Trinajstić information content (AvgIpc) is 2.43. The number of ether oxygens (including phenoxy) is 1. The molecule has 0 saturated heterocycles. The average molecular weight is 335 g/mol. The number of hydrogen-bond acceptors (Lipinski definition) is 4. The van der Waals surface area contributed by atoms with Crippen LogP contribution in [0, 0.1) is 6.92 Å². The molecule has 0 amide bonds. The Morgan fingerprint density at radius 3 is 2.65 bits per heavy atom. The van der Waals surface area contributed by atoms with E-state index in [1.54, 1.807) is 12.1 Å². The number of nitrogen functional groups attached to an aromatic ring is 1. The molecular formula is C15H15BrN2O2. The zero-order valence-electron chi connectivity index (χ0n) is 11.2. The molecule has 2 aromatic carbocycles. The summed E-state index contributed by atoms with van der Waals surface area (Å²) in [6, 6.07) is 11.1. The van der Waals surface area contributed by atoms with Crippen LogP contribution in [0.25, 0.3) is 0 Å². The highest BCUT2D eigenvalue weighted by atomic mass is 79.9. The van der Waals surface area contributed by atoms with Crippen molar-refractivity contribution in [2.45, 2.75) is 6.92 Å². The van der Waals surface area contributed by atoms with Gasteiger partial charge in [-0.2, -0.15) is 0 Å². The van der Waals surface area contributed by atoms with Crippen LogP contribution < -0.4 is 11.1 Å². The fraction of sp³-hybridized carbons (Fsp3) is 0.133. The van der Waals surface area contributed by atoms with Crippen molar-refractivity contribution in [1.82, 2.24) is 0 Å². The summed E-state index contributed by atoms with van der Waals surface area (Å²) in [6.07, 6.45) is 0. The molecule has 0 aromatic heterocycles. The van der Waals surface area contributed by atoms with Crippen LogP contribution in [0.15, 0.2) is 40.9 Å². The summed E-state index contributed by atoms with van der Waals surface area (Å²) in [7, 11) is 1.33. The van der Waals surface area contributed by atoms with Crippen molar-refractivity contribution in [2.24, 2.45) is 0 Å². The Balaban J connectivity index is 2.37. The van der Waals surface area contributed by atoms with Gasteiger partial charge in [0.1, 0.15) is 0 Å². The van der Waals surface area contributed by atoms with Gasteiger partial charge in [-0.25, -0.2) is 4.79 Å². The molecule has 2 aromatic rings. The maximum Gasteiger partial charge on any atom is 0.340 e. The molecule has 5 heteroatoms. The van der Waals surface area contributed by atoms with Gasteiger partial charge < -0.3 is 15.8 Å². The number of rotatable bonds is 3. The number of anilines is 3. The smallest absolute Gasteiger partial charge is 0.340 e. The van der Waals surface area contributed by atoms with E-state index >= 15 is 0 Å². The van der Waals surface area contributed by atoms with Crippen LogP contribution in [0.3, 0.4) is 0 Å². The summed E-state index contributed by atoms with van der Waals surface area (Å²) >= 11 is 3.42. The molecule has 0 radical (unpaired) electrons. The third-order valence-electron chi connectivity index (χ3n) is 2.97. The van der Waals surface area contributed by atoms with Gasteiger partial charge in [-0.15, -0.1) is 0 Å². The van der Waals surface area contributed by atoms with E-state index < -0.39 is 5.97 Å². The van der Waals surface area contributed by atoms with E-state index in [9.17, 15) is 4.79 Å². The van der Waals surface area contributed by atoms with Gasteiger partial charge in [0, 0.05) is 10.2 Å². The van der Waals surface area contributed by atoms with Gasteiger partial charge in [-0.3, -0.25) is 0 Å². The Labute approximate surface area is 126 Å². The maximum absolute atomic E-state index is 11.6. The quantitative estimate of drug-likeness (QED) is 0.660. The zero-order chi connectivity index (χ0) is 14.7. The van der Waals surface area contributed by atoms with Crippen molar-refractivity contribution in [3.63, 3.8) is 0 Å². The van der Waals surface area contributed by atoms with E-state index in [2.05, 4.69) is 21.2 Å². The van der Waals surface area contributed by atoms with Crippen LogP contribution in [0.1, 0.15) is 15.9 Å². The molecule has 2 rings (SSSR count). The van der Waals surface area contributed by atoms with E-state index in [0.717, 1.165) is 15.7 Å². The molecule has 0 fully saturated rings. The lowest BCUT2D eigenvalue weighted by Gasteiger charge is -2.14. The Hall–Kier alpha value is -2.01. The lowest BCUT2D eigenvalue weighted by atomic mass is 10.1. The molecule has 0 aliphatic carbocycles. The Morgan fingerprint density at radius 1 is 1.25 bits per heavy atom. The first kappa shape index (κ1) is 14.4. The summed E-state index contributed by atoms with van der Waals surface area (Å²) in [5.41, 5.74) is 9.43. The number of halogens is 1. The predicted molar refractivity (Wildman–Crippen MR) is 84.4 cm³/mol. The fourth-order valence-corrected chi connectivity index (χ4v) is 2.35. The van der Waals surface area contributed by atoms with Crippen molar-refractivity contribution in [3.05, 3.63) is 52.0 Å². The van der Waals surface area contributed by atoms with Crippen LogP contribution >= 0.6 is 15.9 Å². The minimum Gasteiger partial charge on any atom is -0.465 e. The normalized spacial score (nSPS) is 10.2. The molecule has 0 saturated carbocycles. The number of benzene rings is 2. The number of nitrogens with one attached hydrogen (secondary N) is 1. The van der Waals surface area contributed by atoms with Crippen LogP contribution in [0.2, 0.25) is 0 Å². The number of methoxy groups -OCH3 is 1. The second-order valence-corrected chi connectivity index (χ2v) is 5.26. The van der Waals surface area contributed by atoms with E-state index in [4.69, 9.17) is 10.5 Å². The lowest BCUT2D eigenvalue weighted by Crippen LogP contribution is -2.07. The van der Waals surface area contributed by atoms with Gasteiger partial charge in [-0.05, 0) is 42.8 Å². The summed E-state index contributed by atoms with van der Waals surface area (Å²) < 4.78 is 5.72. The summed E-state index contributed by atoms with van der Waals surface area (Å²) in [4.78, 5) is 11.6. The fourth-order valence-electron chi connectivity index (χ4n) is 1.87. The molecule has 4 nitrogen and oxygen atoms in total. The number of aryl methyl sites for hydroxylation is 1. The number of carbonyl (C=O) groups excluding carboxylic acids is 1. The topological polar surface area (TPSA) is 64.3 Å².